The Morgan fingerprint density at radius 3 is 1.40 bits per heavy atom. The third-order valence-electron chi connectivity index (χ3n) is 9.25. The van der Waals surface area contributed by atoms with E-state index in [2.05, 4.69) is 20.6 Å². The molecule has 0 aliphatic carbocycles. The number of carbonyl (C=O) groups is 3. The van der Waals surface area contributed by atoms with Crippen molar-refractivity contribution in [3.05, 3.63) is 142 Å². The molecule has 0 aromatic heterocycles. The molecule has 2 aliphatic rings. The Kier molecular flexibility index (Phi) is 12.3. The van der Waals surface area contributed by atoms with Crippen LogP contribution < -0.4 is 16.4 Å². The number of rotatable bonds is 7. The van der Waals surface area contributed by atoms with Gasteiger partial charge in [-0.15, -0.1) is 0 Å². The summed E-state index contributed by atoms with van der Waals surface area (Å²) in [5.74, 6) is -1.23. The molecule has 0 spiro atoms. The van der Waals surface area contributed by atoms with E-state index in [-0.39, 0.29) is 33.3 Å². The Balaban J connectivity index is 0.000000218. The largest absolute Gasteiger partial charge is 0.416 e. The van der Waals surface area contributed by atoms with Gasteiger partial charge in [0.15, 0.2) is 10.3 Å². The van der Waals surface area contributed by atoms with Crippen LogP contribution in [0.1, 0.15) is 89.1 Å². The molecule has 57 heavy (non-hydrogen) atoms. The van der Waals surface area contributed by atoms with Crippen molar-refractivity contribution in [1.29, 1.82) is 5.26 Å². The van der Waals surface area contributed by atoms with Gasteiger partial charge in [0.25, 0.3) is 0 Å². The summed E-state index contributed by atoms with van der Waals surface area (Å²) >= 11 is 2.27. The van der Waals surface area contributed by atoms with Gasteiger partial charge in [0, 0.05) is 5.56 Å². The molecule has 2 heterocycles. The molecule has 4 aromatic carbocycles. The molecule has 6 rings (SSSR count). The number of hydrogen-bond acceptors (Lipinski definition) is 8. The minimum Gasteiger partial charge on any atom is -0.366 e. The zero-order valence-electron chi connectivity index (χ0n) is 30.6. The average Bonchev–Trinajstić information content (AvgIpc) is 3.63. The molecule has 4 aromatic rings. The first-order chi connectivity index (χ1) is 26.7. The highest BCUT2D eigenvalue weighted by Gasteiger charge is 2.46. The smallest absolute Gasteiger partial charge is 0.366 e. The number of halogens is 6. The molecular weight excluding hydrogens is 791 g/mol. The van der Waals surface area contributed by atoms with Crippen LogP contribution in [0.5, 0.6) is 0 Å². The number of aliphatic imine (C=N–C) groups is 2. The number of thioether (sulfide) groups is 2. The van der Waals surface area contributed by atoms with E-state index in [0.717, 1.165) is 35.7 Å². The molecule has 2 saturated heterocycles. The number of carbonyl (C=O) groups excluding carboxylic acids is 3. The van der Waals surface area contributed by atoms with E-state index in [4.69, 9.17) is 11.0 Å². The van der Waals surface area contributed by atoms with Crippen LogP contribution in [0.2, 0.25) is 0 Å². The van der Waals surface area contributed by atoms with Gasteiger partial charge >= 0.3 is 12.4 Å². The van der Waals surface area contributed by atoms with Gasteiger partial charge in [0.1, 0.15) is 9.49 Å². The van der Waals surface area contributed by atoms with Crippen LogP contribution in [-0.4, -0.2) is 28.1 Å². The molecular formula is C40H34F6N6O3S2. The van der Waals surface area contributed by atoms with Crippen molar-refractivity contribution in [2.45, 2.75) is 61.6 Å². The number of alkyl halides is 6. The lowest BCUT2D eigenvalue weighted by Crippen LogP contribution is -2.31. The zero-order chi connectivity index (χ0) is 41.9. The van der Waals surface area contributed by atoms with Crippen molar-refractivity contribution in [3.63, 3.8) is 0 Å². The summed E-state index contributed by atoms with van der Waals surface area (Å²) in [5.41, 5.74) is 5.90. The fourth-order valence-electron chi connectivity index (χ4n) is 6.01. The SMILES string of the molecule is C[C@H](N=C1NC(=O)C(C)(c2ccc(C#N)cc2)S1)c1ccccc1C(F)(F)F.C[C@H](N=C1NC(=O)C(C)(c2ccc(C(N)=O)cc2)S1)c1ccccc1C(F)(F)F. The fraction of sp³-hybridized carbons (Fsp3) is 0.250. The highest BCUT2D eigenvalue weighted by atomic mass is 32.2. The fourth-order valence-corrected chi connectivity index (χ4v) is 8.28. The van der Waals surface area contributed by atoms with Crippen LogP contribution >= 0.6 is 23.5 Å². The minimum absolute atomic E-state index is 0.0294. The van der Waals surface area contributed by atoms with Crippen molar-refractivity contribution in [1.82, 2.24) is 10.6 Å². The average molecular weight is 825 g/mol. The molecule has 0 saturated carbocycles. The Morgan fingerprint density at radius 2 is 1.05 bits per heavy atom. The number of nitrogens with zero attached hydrogens (tertiary/aromatic N) is 3. The lowest BCUT2D eigenvalue weighted by molar-refractivity contribution is -0.139. The number of amidine groups is 2. The summed E-state index contributed by atoms with van der Waals surface area (Å²) in [7, 11) is 0. The van der Waals surface area contributed by atoms with Crippen LogP contribution in [0.15, 0.2) is 107 Å². The van der Waals surface area contributed by atoms with Crippen LogP contribution in [0.3, 0.4) is 0 Å². The Hall–Kier alpha value is -5.60. The highest BCUT2D eigenvalue weighted by Crippen LogP contribution is 2.44. The first kappa shape index (κ1) is 42.5. The first-order valence-corrected chi connectivity index (χ1v) is 18.7. The summed E-state index contributed by atoms with van der Waals surface area (Å²) in [5, 5.41) is 14.7. The predicted octanol–water partition coefficient (Wildman–Crippen LogP) is 8.77. The molecule has 0 radical (unpaired) electrons. The lowest BCUT2D eigenvalue weighted by atomic mass is 9.98. The van der Waals surface area contributed by atoms with Gasteiger partial charge in [0.2, 0.25) is 17.7 Å². The second kappa shape index (κ2) is 16.5. The maximum Gasteiger partial charge on any atom is 0.416 e. The number of nitrogens with one attached hydrogen (secondary N) is 2. The van der Waals surface area contributed by atoms with Gasteiger partial charge in [-0.25, -0.2) is 0 Å². The molecule has 296 valence electrons. The van der Waals surface area contributed by atoms with E-state index in [9.17, 15) is 40.7 Å². The first-order valence-electron chi connectivity index (χ1n) is 17.1. The molecule has 3 amide bonds. The second-order valence-electron chi connectivity index (χ2n) is 13.2. The number of hydrogen-bond donors (Lipinski definition) is 3. The molecule has 4 atom stereocenters. The van der Waals surface area contributed by atoms with Gasteiger partial charge in [0.05, 0.1) is 34.8 Å². The van der Waals surface area contributed by atoms with Gasteiger partial charge < -0.3 is 16.4 Å². The molecule has 2 fully saturated rings. The Morgan fingerprint density at radius 1 is 0.684 bits per heavy atom. The molecule has 0 bridgehead atoms. The number of benzene rings is 4. The van der Waals surface area contributed by atoms with E-state index >= 15 is 0 Å². The third kappa shape index (κ3) is 9.35. The van der Waals surface area contributed by atoms with E-state index in [0.29, 0.717) is 22.3 Å². The zero-order valence-corrected chi connectivity index (χ0v) is 32.3. The lowest BCUT2D eigenvalue weighted by Gasteiger charge is -2.19. The van der Waals surface area contributed by atoms with Gasteiger partial charge in [-0.05, 0) is 86.3 Å². The monoisotopic (exact) mass is 824 g/mol. The van der Waals surface area contributed by atoms with Gasteiger partial charge in [-0.2, -0.15) is 31.6 Å². The van der Waals surface area contributed by atoms with Crippen LogP contribution in [0.4, 0.5) is 26.3 Å². The summed E-state index contributed by atoms with van der Waals surface area (Å²) in [6.07, 6.45) is -8.97. The molecule has 4 N–H and O–H groups in total. The Bertz CT molecular complexity index is 2290. The predicted molar refractivity (Wildman–Crippen MR) is 207 cm³/mol. The normalized spacial score (nSPS) is 21.9. The van der Waals surface area contributed by atoms with Gasteiger partial charge in [-0.1, -0.05) is 84.2 Å². The summed E-state index contributed by atoms with van der Waals surface area (Å²) in [4.78, 5) is 45.0. The standard InChI is InChI=1S/C20H18F3N3O2S.C20H16F3N3OS/c1-11(14-5-3-4-6-15(14)20(21,22)23)25-18-26-17(28)19(2,29-18)13-9-7-12(8-10-13)16(24)27;1-12(15-5-3-4-6-16(15)20(21,22)23)25-18-26-17(27)19(2,28-18)14-9-7-13(11-24)8-10-14/h3-11H,1-2H3,(H2,24,27)(H,25,26,28);3-10,12H,1-2H3,(H,25,26,27)/t11-,19?;12-,19?/m00/s1. The molecule has 2 aliphatic heterocycles. The van der Waals surface area contributed by atoms with Crippen LogP contribution in [0.25, 0.3) is 0 Å². The van der Waals surface area contributed by atoms with Crippen molar-refractivity contribution < 1.29 is 40.7 Å². The topological polar surface area (TPSA) is 150 Å². The van der Waals surface area contributed by atoms with Crippen molar-refractivity contribution in [2.75, 3.05) is 0 Å². The van der Waals surface area contributed by atoms with Crippen molar-refractivity contribution in [3.8, 4) is 6.07 Å². The number of amides is 3. The maximum atomic E-state index is 13.3. The third-order valence-corrected chi connectivity index (χ3v) is 11.7. The minimum atomic E-state index is -4.49. The number of primary amides is 1. The van der Waals surface area contributed by atoms with Gasteiger partial charge in [-0.3, -0.25) is 24.4 Å². The van der Waals surface area contributed by atoms with E-state index in [1.165, 1.54) is 48.5 Å². The maximum absolute atomic E-state index is 13.3. The molecule has 9 nitrogen and oxygen atoms in total. The summed E-state index contributed by atoms with van der Waals surface area (Å²) in [6, 6.07) is 23.8. The summed E-state index contributed by atoms with van der Waals surface area (Å²) < 4.78 is 77.5. The van der Waals surface area contributed by atoms with E-state index < -0.39 is 51.0 Å². The van der Waals surface area contributed by atoms with Crippen LogP contribution in [-0.2, 0) is 31.4 Å². The molecule has 17 heteroatoms. The quantitative estimate of drug-likeness (QED) is 0.159. The van der Waals surface area contributed by atoms with E-state index in [1.807, 2.05) is 6.07 Å². The number of nitrogens with two attached hydrogens (primary N) is 1. The van der Waals surface area contributed by atoms with Crippen molar-refractivity contribution in [2.24, 2.45) is 15.7 Å². The highest BCUT2D eigenvalue weighted by molar-refractivity contribution is 8.16. The van der Waals surface area contributed by atoms with Crippen LogP contribution in [0, 0.1) is 11.3 Å². The Labute approximate surface area is 332 Å². The van der Waals surface area contributed by atoms with E-state index in [1.54, 1.807) is 64.1 Å². The van der Waals surface area contributed by atoms with Crippen molar-refractivity contribution >= 4 is 51.6 Å². The number of nitriles is 1. The second-order valence-corrected chi connectivity index (χ2v) is 16.0. The molecule has 2 unspecified atom stereocenters. The summed E-state index contributed by atoms with van der Waals surface area (Å²) in [6.45, 7) is 6.50.